The van der Waals surface area contributed by atoms with Crippen molar-refractivity contribution in [3.05, 3.63) is 48.0 Å². The molecular weight excluding hydrogens is 225 g/mol. The average Bonchev–Trinajstić information content (AvgIpc) is 2.33. The van der Waals surface area contributed by atoms with Crippen molar-refractivity contribution in [2.45, 2.75) is 0 Å². The Balaban J connectivity index is 2.13. The average molecular weight is 233 g/mol. The predicted molar refractivity (Wildman–Crippen MR) is 58.7 cm³/mol. The number of aromatic carboxylic acids is 1. The molecule has 1 aromatic carbocycles. The summed E-state index contributed by atoms with van der Waals surface area (Å²) in [6, 6.07) is 6.06. The molecule has 2 aromatic rings. The first kappa shape index (κ1) is 11.0. The number of aromatic nitrogens is 2. The molecule has 0 amide bonds. The van der Waals surface area contributed by atoms with Gasteiger partial charge in [-0.2, -0.15) is 0 Å². The molecule has 0 unspecified atom stereocenters. The molecule has 0 saturated carbocycles. The number of nitrogens with zero attached hydrogens (tertiary/aromatic N) is 2. The fourth-order valence-corrected chi connectivity index (χ4v) is 1.20. The molecular formula is C11H8FN3O2. The van der Waals surface area contributed by atoms with E-state index in [1.54, 1.807) is 12.1 Å². The molecule has 0 fully saturated rings. The number of hydrogen-bond acceptors (Lipinski definition) is 4. The van der Waals surface area contributed by atoms with E-state index in [0.29, 0.717) is 5.69 Å². The van der Waals surface area contributed by atoms with Gasteiger partial charge in [0.2, 0.25) is 5.95 Å². The smallest absolute Gasteiger partial charge is 0.335 e. The molecule has 5 nitrogen and oxygen atoms in total. The number of carboxylic acid groups (broad SMARTS) is 1. The van der Waals surface area contributed by atoms with Gasteiger partial charge in [-0.1, -0.05) is 0 Å². The molecule has 0 saturated heterocycles. The zero-order valence-electron chi connectivity index (χ0n) is 8.59. The summed E-state index contributed by atoms with van der Waals surface area (Å²) in [4.78, 5) is 18.1. The van der Waals surface area contributed by atoms with Crippen LogP contribution in [0.2, 0.25) is 0 Å². The lowest BCUT2D eigenvalue weighted by Gasteiger charge is -2.04. The molecule has 86 valence electrons. The monoisotopic (exact) mass is 233 g/mol. The van der Waals surface area contributed by atoms with Crippen LogP contribution in [0.15, 0.2) is 36.7 Å². The van der Waals surface area contributed by atoms with Crippen molar-refractivity contribution in [1.29, 1.82) is 0 Å². The third-order valence-electron chi connectivity index (χ3n) is 2.01. The van der Waals surface area contributed by atoms with Gasteiger partial charge in [-0.3, -0.25) is 0 Å². The van der Waals surface area contributed by atoms with Crippen molar-refractivity contribution in [1.82, 2.24) is 9.97 Å². The molecule has 1 aromatic heterocycles. The van der Waals surface area contributed by atoms with E-state index in [4.69, 9.17) is 5.11 Å². The topological polar surface area (TPSA) is 75.1 Å². The fraction of sp³-hybridized carbons (Fsp3) is 0. The second-order valence-electron chi connectivity index (χ2n) is 3.23. The Morgan fingerprint density at radius 3 is 2.29 bits per heavy atom. The standard InChI is InChI=1S/C11H8FN3O2/c12-8-5-13-11(14-6-8)15-9-3-1-7(2-4-9)10(16)17/h1-6H,(H,16,17)(H,13,14,15). The van der Waals surface area contributed by atoms with Crippen LogP contribution in [0, 0.1) is 5.82 Å². The summed E-state index contributed by atoms with van der Waals surface area (Å²) >= 11 is 0. The third-order valence-corrected chi connectivity index (χ3v) is 2.01. The van der Waals surface area contributed by atoms with Gasteiger partial charge in [-0.05, 0) is 24.3 Å². The molecule has 0 spiro atoms. The predicted octanol–water partition coefficient (Wildman–Crippen LogP) is 2.06. The van der Waals surface area contributed by atoms with Gasteiger partial charge in [0.15, 0.2) is 5.82 Å². The van der Waals surface area contributed by atoms with Crippen molar-refractivity contribution >= 4 is 17.6 Å². The number of nitrogens with one attached hydrogen (secondary N) is 1. The molecule has 0 aliphatic heterocycles. The first-order valence-corrected chi connectivity index (χ1v) is 4.73. The van der Waals surface area contributed by atoms with E-state index in [2.05, 4.69) is 15.3 Å². The summed E-state index contributed by atoms with van der Waals surface area (Å²) in [6.45, 7) is 0. The molecule has 0 atom stereocenters. The highest BCUT2D eigenvalue weighted by Crippen LogP contribution is 2.13. The SMILES string of the molecule is O=C(O)c1ccc(Nc2ncc(F)cn2)cc1. The maximum atomic E-state index is 12.5. The largest absolute Gasteiger partial charge is 0.478 e. The molecule has 0 aliphatic carbocycles. The Hall–Kier alpha value is -2.50. The number of anilines is 2. The van der Waals surface area contributed by atoms with Crippen molar-refractivity contribution in [3.8, 4) is 0 Å². The fourth-order valence-electron chi connectivity index (χ4n) is 1.20. The van der Waals surface area contributed by atoms with Crippen molar-refractivity contribution in [2.24, 2.45) is 0 Å². The summed E-state index contributed by atoms with van der Waals surface area (Å²) < 4.78 is 12.5. The molecule has 0 aliphatic rings. The van der Waals surface area contributed by atoms with Gasteiger partial charge in [0.25, 0.3) is 0 Å². The van der Waals surface area contributed by atoms with Crippen LogP contribution in [0.25, 0.3) is 0 Å². The van der Waals surface area contributed by atoms with Crippen LogP contribution in [-0.4, -0.2) is 21.0 Å². The Morgan fingerprint density at radius 2 is 1.76 bits per heavy atom. The number of halogens is 1. The highest BCUT2D eigenvalue weighted by Gasteiger charge is 2.02. The maximum absolute atomic E-state index is 12.5. The quantitative estimate of drug-likeness (QED) is 0.848. The van der Waals surface area contributed by atoms with Crippen LogP contribution in [0.5, 0.6) is 0 Å². The second kappa shape index (κ2) is 4.56. The van der Waals surface area contributed by atoms with Crippen molar-refractivity contribution < 1.29 is 14.3 Å². The van der Waals surface area contributed by atoms with E-state index in [9.17, 15) is 9.18 Å². The van der Waals surface area contributed by atoms with Gasteiger partial charge in [-0.25, -0.2) is 19.2 Å². The van der Waals surface area contributed by atoms with Gasteiger partial charge in [0, 0.05) is 5.69 Å². The molecule has 0 radical (unpaired) electrons. The summed E-state index contributed by atoms with van der Waals surface area (Å²) in [5.41, 5.74) is 0.817. The van der Waals surface area contributed by atoms with Gasteiger partial charge < -0.3 is 10.4 Å². The van der Waals surface area contributed by atoms with Crippen molar-refractivity contribution in [2.75, 3.05) is 5.32 Å². The van der Waals surface area contributed by atoms with Gasteiger partial charge >= 0.3 is 5.97 Å². The minimum atomic E-state index is -0.991. The van der Waals surface area contributed by atoms with E-state index >= 15 is 0 Å². The van der Waals surface area contributed by atoms with Crippen LogP contribution in [0.3, 0.4) is 0 Å². The lowest BCUT2D eigenvalue weighted by molar-refractivity contribution is 0.0697. The highest BCUT2D eigenvalue weighted by atomic mass is 19.1. The van der Waals surface area contributed by atoms with Gasteiger partial charge in [0.05, 0.1) is 18.0 Å². The number of benzene rings is 1. The summed E-state index contributed by atoms with van der Waals surface area (Å²) in [7, 11) is 0. The van der Waals surface area contributed by atoms with Gasteiger partial charge in [-0.15, -0.1) is 0 Å². The molecule has 2 rings (SSSR count). The number of carboxylic acids is 1. The zero-order chi connectivity index (χ0) is 12.3. The van der Waals surface area contributed by atoms with E-state index < -0.39 is 11.8 Å². The Morgan fingerprint density at radius 1 is 1.18 bits per heavy atom. The third kappa shape index (κ3) is 2.75. The summed E-state index contributed by atoms with van der Waals surface area (Å²) in [6.07, 6.45) is 2.09. The van der Waals surface area contributed by atoms with E-state index in [0.717, 1.165) is 12.4 Å². The van der Waals surface area contributed by atoms with E-state index in [1.807, 2.05) is 0 Å². The lowest BCUT2D eigenvalue weighted by Crippen LogP contribution is -1.99. The van der Waals surface area contributed by atoms with Gasteiger partial charge in [0.1, 0.15) is 0 Å². The summed E-state index contributed by atoms with van der Waals surface area (Å²) in [5, 5.41) is 11.5. The maximum Gasteiger partial charge on any atom is 0.335 e. The molecule has 0 bridgehead atoms. The molecule has 2 N–H and O–H groups in total. The van der Waals surface area contributed by atoms with E-state index in [1.165, 1.54) is 12.1 Å². The molecule has 17 heavy (non-hydrogen) atoms. The first-order valence-electron chi connectivity index (χ1n) is 4.73. The number of hydrogen-bond donors (Lipinski definition) is 2. The van der Waals surface area contributed by atoms with Crippen LogP contribution >= 0.6 is 0 Å². The summed E-state index contributed by atoms with van der Waals surface area (Å²) in [5.74, 6) is -1.26. The molecule has 6 heteroatoms. The minimum absolute atomic E-state index is 0.190. The molecule has 1 heterocycles. The Kier molecular flexibility index (Phi) is 2.95. The Labute approximate surface area is 96.0 Å². The highest BCUT2D eigenvalue weighted by molar-refractivity contribution is 5.88. The van der Waals surface area contributed by atoms with Crippen LogP contribution in [-0.2, 0) is 0 Å². The minimum Gasteiger partial charge on any atom is -0.478 e. The number of rotatable bonds is 3. The lowest BCUT2D eigenvalue weighted by atomic mass is 10.2. The number of carbonyl (C=O) groups is 1. The first-order chi connectivity index (χ1) is 8.15. The van der Waals surface area contributed by atoms with Crippen molar-refractivity contribution in [3.63, 3.8) is 0 Å². The Bertz CT molecular complexity index is 525. The van der Waals surface area contributed by atoms with Crippen LogP contribution in [0.4, 0.5) is 16.0 Å². The zero-order valence-corrected chi connectivity index (χ0v) is 8.59. The van der Waals surface area contributed by atoms with E-state index in [-0.39, 0.29) is 11.5 Å². The normalized spacial score (nSPS) is 9.94. The van der Waals surface area contributed by atoms with Crippen LogP contribution in [0.1, 0.15) is 10.4 Å². The van der Waals surface area contributed by atoms with Crippen LogP contribution < -0.4 is 5.32 Å². The second-order valence-corrected chi connectivity index (χ2v) is 3.23.